The average molecular weight is 168 g/mol. The van der Waals surface area contributed by atoms with Gasteiger partial charge >= 0.3 is 0 Å². The minimum absolute atomic E-state index is 0.282. The van der Waals surface area contributed by atoms with Crippen LogP contribution in [0.2, 0.25) is 19.1 Å². The maximum Gasteiger partial charge on any atom is 0.0308 e. The van der Waals surface area contributed by atoms with Crippen LogP contribution in [0.3, 0.4) is 0 Å². The number of hydrogen-bond donors (Lipinski definition) is 0. The van der Waals surface area contributed by atoms with Gasteiger partial charge < -0.3 is 0 Å². The van der Waals surface area contributed by atoms with Gasteiger partial charge in [0.1, 0.15) is 0 Å². The molecule has 11 heavy (non-hydrogen) atoms. The Balaban J connectivity index is 2.19. The van der Waals surface area contributed by atoms with Crippen molar-refractivity contribution in [3.05, 3.63) is 11.6 Å². The Hall–Kier alpha value is -0.0431. The lowest BCUT2D eigenvalue weighted by Gasteiger charge is -2.12. The lowest BCUT2D eigenvalue weighted by atomic mass is 9.98. The highest BCUT2D eigenvalue weighted by molar-refractivity contribution is 6.55. The predicted molar refractivity (Wildman–Crippen MR) is 54.9 cm³/mol. The molecule has 0 aromatic heterocycles. The molecular formula is C10H20Si. The zero-order valence-corrected chi connectivity index (χ0v) is 9.05. The topological polar surface area (TPSA) is 0 Å². The van der Waals surface area contributed by atoms with Gasteiger partial charge in [0.05, 0.1) is 0 Å². The van der Waals surface area contributed by atoms with Crippen LogP contribution in [0.1, 0.15) is 32.1 Å². The highest BCUT2D eigenvalue weighted by Crippen LogP contribution is 2.21. The summed E-state index contributed by atoms with van der Waals surface area (Å²) in [6.07, 6.45) is 9.55. The van der Waals surface area contributed by atoms with E-state index in [0.717, 1.165) is 0 Å². The predicted octanol–water partition coefficient (Wildman–Crippen LogP) is 3.36. The summed E-state index contributed by atoms with van der Waals surface area (Å²) in [7, 11) is -0.282. The molecule has 0 amide bonds. The summed E-state index contributed by atoms with van der Waals surface area (Å²) >= 11 is 0. The molecular weight excluding hydrogens is 148 g/mol. The average Bonchev–Trinajstić information content (AvgIpc) is 2.03. The minimum Gasteiger partial charge on any atom is -0.0853 e. The maximum atomic E-state index is 2.49. The number of rotatable bonds is 3. The molecule has 0 bridgehead atoms. The van der Waals surface area contributed by atoms with Gasteiger partial charge in [-0.25, -0.2) is 0 Å². The highest BCUT2D eigenvalue weighted by atomic mass is 28.3. The van der Waals surface area contributed by atoms with Gasteiger partial charge in [-0.2, -0.15) is 0 Å². The van der Waals surface area contributed by atoms with E-state index < -0.39 is 0 Å². The summed E-state index contributed by atoms with van der Waals surface area (Å²) in [5.74, 6) is 0. The summed E-state index contributed by atoms with van der Waals surface area (Å²) < 4.78 is 0. The largest absolute Gasteiger partial charge is 0.0853 e. The van der Waals surface area contributed by atoms with Crippen LogP contribution in [-0.4, -0.2) is 8.80 Å². The van der Waals surface area contributed by atoms with Gasteiger partial charge in [0, 0.05) is 8.80 Å². The maximum absolute atomic E-state index is 2.49. The zero-order chi connectivity index (χ0) is 8.10. The Morgan fingerprint density at radius 3 is 2.73 bits per heavy atom. The molecule has 0 fully saturated rings. The molecule has 0 unspecified atom stereocenters. The fraction of sp³-hybridized carbons (Fsp3) is 0.800. The molecule has 0 radical (unpaired) electrons. The van der Waals surface area contributed by atoms with E-state index in [-0.39, 0.29) is 8.80 Å². The molecule has 1 heteroatoms. The molecule has 1 rings (SSSR count). The molecule has 0 saturated carbocycles. The van der Waals surface area contributed by atoms with Crippen LogP contribution < -0.4 is 0 Å². The molecule has 0 aromatic carbocycles. The third kappa shape index (κ3) is 3.75. The second kappa shape index (κ2) is 4.76. The highest BCUT2D eigenvalue weighted by Gasteiger charge is 2.04. The first-order valence-electron chi connectivity index (χ1n) is 4.97. The quantitative estimate of drug-likeness (QED) is 0.448. The summed E-state index contributed by atoms with van der Waals surface area (Å²) in [4.78, 5) is 0. The molecule has 0 aliphatic heterocycles. The SMILES string of the molecule is C[SiH](C)CCC1=CCCCC1. The van der Waals surface area contributed by atoms with Crippen molar-refractivity contribution < 1.29 is 0 Å². The van der Waals surface area contributed by atoms with Gasteiger partial charge in [-0.3, -0.25) is 0 Å². The van der Waals surface area contributed by atoms with Crippen molar-refractivity contribution in [1.82, 2.24) is 0 Å². The molecule has 64 valence electrons. The normalized spacial score (nSPS) is 18.6. The van der Waals surface area contributed by atoms with E-state index in [4.69, 9.17) is 0 Å². The van der Waals surface area contributed by atoms with E-state index in [1.807, 2.05) is 0 Å². The van der Waals surface area contributed by atoms with Crippen LogP contribution in [0.4, 0.5) is 0 Å². The van der Waals surface area contributed by atoms with Crippen molar-refractivity contribution in [1.29, 1.82) is 0 Å². The van der Waals surface area contributed by atoms with Crippen LogP contribution in [0.25, 0.3) is 0 Å². The van der Waals surface area contributed by atoms with Crippen molar-refractivity contribution >= 4 is 8.80 Å². The Morgan fingerprint density at radius 2 is 2.18 bits per heavy atom. The van der Waals surface area contributed by atoms with E-state index in [1.54, 1.807) is 5.57 Å². The summed E-state index contributed by atoms with van der Waals surface area (Å²) in [5, 5.41) is 0. The smallest absolute Gasteiger partial charge is 0.0308 e. The first kappa shape index (κ1) is 9.05. The second-order valence-electron chi connectivity index (χ2n) is 4.04. The van der Waals surface area contributed by atoms with Gasteiger partial charge in [0.2, 0.25) is 0 Å². The monoisotopic (exact) mass is 168 g/mol. The minimum atomic E-state index is -0.282. The van der Waals surface area contributed by atoms with Gasteiger partial charge in [-0.05, 0) is 32.1 Å². The van der Waals surface area contributed by atoms with E-state index in [0.29, 0.717) is 0 Å². The fourth-order valence-electron chi connectivity index (χ4n) is 1.61. The van der Waals surface area contributed by atoms with Gasteiger partial charge in [-0.15, -0.1) is 0 Å². The number of allylic oxidation sites excluding steroid dienone is 2. The molecule has 0 spiro atoms. The first-order chi connectivity index (χ1) is 5.29. The molecule has 0 saturated heterocycles. The molecule has 0 nitrogen and oxygen atoms in total. The zero-order valence-electron chi connectivity index (χ0n) is 7.90. The van der Waals surface area contributed by atoms with Crippen molar-refractivity contribution in [3.63, 3.8) is 0 Å². The molecule has 0 N–H and O–H groups in total. The Bertz CT molecular complexity index is 136. The molecule has 0 heterocycles. The van der Waals surface area contributed by atoms with Crippen LogP contribution >= 0.6 is 0 Å². The van der Waals surface area contributed by atoms with Crippen LogP contribution in [0.15, 0.2) is 11.6 Å². The van der Waals surface area contributed by atoms with Crippen LogP contribution in [0, 0.1) is 0 Å². The lowest BCUT2D eigenvalue weighted by molar-refractivity contribution is 0.683. The van der Waals surface area contributed by atoms with Gasteiger partial charge in [0.15, 0.2) is 0 Å². The van der Waals surface area contributed by atoms with Gasteiger partial charge in [0.25, 0.3) is 0 Å². The van der Waals surface area contributed by atoms with E-state index in [1.165, 1.54) is 38.1 Å². The van der Waals surface area contributed by atoms with Crippen LogP contribution in [-0.2, 0) is 0 Å². The van der Waals surface area contributed by atoms with Crippen molar-refractivity contribution in [2.24, 2.45) is 0 Å². The fourth-order valence-corrected chi connectivity index (χ4v) is 2.55. The third-order valence-corrected chi connectivity index (χ3v) is 3.87. The second-order valence-corrected chi connectivity index (χ2v) is 7.41. The van der Waals surface area contributed by atoms with E-state index >= 15 is 0 Å². The molecule has 1 aliphatic rings. The lowest BCUT2D eigenvalue weighted by Crippen LogP contribution is -2.00. The standard InChI is InChI=1S/C10H20Si/c1-11(2)9-8-10-6-4-3-5-7-10/h6,11H,3-5,7-9H2,1-2H3. The first-order valence-corrected chi connectivity index (χ1v) is 8.09. The van der Waals surface area contributed by atoms with Crippen molar-refractivity contribution in [3.8, 4) is 0 Å². The van der Waals surface area contributed by atoms with E-state index in [2.05, 4.69) is 19.2 Å². The van der Waals surface area contributed by atoms with Crippen molar-refractivity contribution in [2.75, 3.05) is 0 Å². The van der Waals surface area contributed by atoms with E-state index in [9.17, 15) is 0 Å². The summed E-state index contributed by atoms with van der Waals surface area (Å²) in [6, 6.07) is 1.52. The summed E-state index contributed by atoms with van der Waals surface area (Å²) in [6.45, 7) is 4.90. The summed E-state index contributed by atoms with van der Waals surface area (Å²) in [5.41, 5.74) is 1.76. The molecule has 1 aliphatic carbocycles. The van der Waals surface area contributed by atoms with Gasteiger partial charge in [-0.1, -0.05) is 30.8 Å². The van der Waals surface area contributed by atoms with Crippen molar-refractivity contribution in [2.45, 2.75) is 51.2 Å². The Kier molecular flexibility index (Phi) is 3.91. The molecule has 0 aromatic rings. The third-order valence-electron chi connectivity index (χ3n) is 2.43. The number of hydrogen-bond acceptors (Lipinski definition) is 0. The Labute approximate surface area is 72.3 Å². The van der Waals surface area contributed by atoms with Crippen LogP contribution in [0.5, 0.6) is 0 Å². The molecule has 0 atom stereocenters. The Morgan fingerprint density at radius 1 is 1.36 bits per heavy atom.